The van der Waals surface area contributed by atoms with Crippen molar-refractivity contribution >= 4 is 15.6 Å². The van der Waals surface area contributed by atoms with Crippen molar-refractivity contribution in [2.24, 2.45) is 4.36 Å². The lowest BCUT2D eigenvalue weighted by atomic mass is 10.2. The number of hydrogen-bond acceptors (Lipinski definition) is 2. The van der Waals surface area contributed by atoms with Gasteiger partial charge >= 0.3 is 0 Å². The topological polar surface area (TPSA) is 46.5 Å². The molecular formula is C16H17NO2S. The Morgan fingerprint density at radius 2 is 1.45 bits per heavy atom. The number of carbonyl (C=O) groups excluding carboxylic acids is 1. The van der Waals surface area contributed by atoms with Gasteiger partial charge in [0.25, 0.3) is 5.91 Å². The van der Waals surface area contributed by atoms with Gasteiger partial charge in [0.2, 0.25) is 0 Å². The molecule has 0 N–H and O–H groups in total. The average Bonchev–Trinajstić information content (AvgIpc) is 2.48. The van der Waals surface area contributed by atoms with E-state index in [1.807, 2.05) is 26.0 Å². The van der Waals surface area contributed by atoms with Crippen LogP contribution < -0.4 is 0 Å². The molecule has 0 fully saturated rings. The van der Waals surface area contributed by atoms with E-state index in [9.17, 15) is 9.00 Å². The summed E-state index contributed by atoms with van der Waals surface area (Å²) < 4.78 is 17.1. The highest BCUT2D eigenvalue weighted by atomic mass is 32.2. The molecule has 1 unspecified atom stereocenters. The molecule has 0 saturated heterocycles. The number of benzene rings is 2. The van der Waals surface area contributed by atoms with Gasteiger partial charge in [-0.1, -0.05) is 36.4 Å². The molecule has 2 rings (SSSR count). The van der Waals surface area contributed by atoms with Gasteiger partial charge in [0.15, 0.2) is 0 Å². The Balaban J connectivity index is 2.52. The average molecular weight is 287 g/mol. The van der Waals surface area contributed by atoms with Crippen LogP contribution in [0.3, 0.4) is 0 Å². The second-order valence-corrected chi connectivity index (χ2v) is 7.43. The molecule has 0 bridgehead atoms. The predicted molar refractivity (Wildman–Crippen MR) is 81.2 cm³/mol. The number of nitrogens with zero attached hydrogens (tertiary/aromatic N) is 1. The SMILES string of the molecule is CC(C)S(=O)(=NC(=O)c1ccccc1)c1ccccc1. The summed E-state index contributed by atoms with van der Waals surface area (Å²) in [6.07, 6.45) is 0. The lowest BCUT2D eigenvalue weighted by molar-refractivity contribution is 0.100. The maximum absolute atomic E-state index is 13.1. The van der Waals surface area contributed by atoms with E-state index in [-0.39, 0.29) is 5.25 Å². The van der Waals surface area contributed by atoms with Crippen molar-refractivity contribution in [2.75, 3.05) is 0 Å². The number of hydrogen-bond donors (Lipinski definition) is 0. The Hall–Kier alpha value is -1.94. The lowest BCUT2D eigenvalue weighted by Gasteiger charge is -2.13. The van der Waals surface area contributed by atoms with Gasteiger partial charge in [-0.2, -0.15) is 4.36 Å². The highest BCUT2D eigenvalue weighted by Crippen LogP contribution is 2.19. The van der Waals surface area contributed by atoms with E-state index in [0.29, 0.717) is 10.5 Å². The fourth-order valence-corrected chi connectivity index (χ4v) is 3.56. The van der Waals surface area contributed by atoms with Crippen LogP contribution in [0.5, 0.6) is 0 Å². The Labute approximate surface area is 119 Å². The molecule has 20 heavy (non-hydrogen) atoms. The van der Waals surface area contributed by atoms with E-state index in [4.69, 9.17) is 0 Å². The third-order valence-corrected chi connectivity index (χ3v) is 5.62. The third kappa shape index (κ3) is 2.96. The van der Waals surface area contributed by atoms with Gasteiger partial charge in [-0.25, -0.2) is 4.21 Å². The summed E-state index contributed by atoms with van der Waals surface area (Å²) in [5.74, 6) is -0.437. The van der Waals surface area contributed by atoms with Gasteiger partial charge in [-0.15, -0.1) is 0 Å². The number of amides is 1. The fraction of sp³-hybridized carbons (Fsp3) is 0.188. The van der Waals surface area contributed by atoms with Crippen LogP contribution >= 0.6 is 0 Å². The van der Waals surface area contributed by atoms with Gasteiger partial charge in [-0.05, 0) is 38.1 Å². The smallest absolute Gasteiger partial charge is 0.266 e. The summed E-state index contributed by atoms with van der Waals surface area (Å²) in [5, 5.41) is -0.238. The van der Waals surface area contributed by atoms with Crippen LogP contribution in [0.4, 0.5) is 0 Å². The summed E-state index contributed by atoms with van der Waals surface area (Å²) in [5.41, 5.74) is 0.455. The second-order valence-electron chi connectivity index (χ2n) is 4.69. The molecule has 0 saturated carbocycles. The zero-order valence-electron chi connectivity index (χ0n) is 11.5. The molecule has 2 aromatic rings. The number of rotatable bonds is 3. The van der Waals surface area contributed by atoms with Crippen molar-refractivity contribution in [3.8, 4) is 0 Å². The van der Waals surface area contributed by atoms with Crippen molar-refractivity contribution < 1.29 is 9.00 Å². The summed E-state index contributed by atoms with van der Waals surface area (Å²) >= 11 is 0. The summed E-state index contributed by atoms with van der Waals surface area (Å²) in [6, 6.07) is 17.7. The summed E-state index contributed by atoms with van der Waals surface area (Å²) in [7, 11) is -2.76. The minimum absolute atomic E-state index is 0.238. The fourth-order valence-electron chi connectivity index (χ4n) is 1.80. The minimum atomic E-state index is -2.76. The van der Waals surface area contributed by atoms with Gasteiger partial charge < -0.3 is 0 Å². The standard InChI is InChI=1S/C16H17NO2S/c1-13(2)20(19,15-11-7-4-8-12-15)17-16(18)14-9-5-3-6-10-14/h3-13H,1-2H3. The van der Waals surface area contributed by atoms with Crippen LogP contribution in [0.15, 0.2) is 69.9 Å². The Kier molecular flexibility index (Phi) is 4.35. The van der Waals surface area contributed by atoms with Crippen LogP contribution in [0.1, 0.15) is 24.2 Å². The highest BCUT2D eigenvalue weighted by molar-refractivity contribution is 7.94. The molecule has 1 atom stereocenters. The van der Waals surface area contributed by atoms with Crippen LogP contribution in [0, 0.1) is 0 Å². The van der Waals surface area contributed by atoms with Gasteiger partial charge in [0.05, 0.1) is 9.73 Å². The molecule has 3 nitrogen and oxygen atoms in total. The van der Waals surface area contributed by atoms with E-state index in [1.54, 1.807) is 48.5 Å². The minimum Gasteiger partial charge on any atom is -0.266 e. The number of carbonyl (C=O) groups is 1. The Morgan fingerprint density at radius 1 is 0.950 bits per heavy atom. The highest BCUT2D eigenvalue weighted by Gasteiger charge is 2.19. The first-order valence-electron chi connectivity index (χ1n) is 6.44. The first kappa shape index (κ1) is 14.5. The normalized spacial score (nSPS) is 13.8. The van der Waals surface area contributed by atoms with Crippen LogP contribution in [0.2, 0.25) is 0 Å². The van der Waals surface area contributed by atoms with E-state index < -0.39 is 15.6 Å². The lowest BCUT2D eigenvalue weighted by Crippen LogP contribution is -2.16. The Morgan fingerprint density at radius 3 is 1.95 bits per heavy atom. The van der Waals surface area contributed by atoms with Gasteiger partial charge in [0, 0.05) is 15.7 Å². The van der Waals surface area contributed by atoms with Crippen LogP contribution in [-0.2, 0) is 9.73 Å². The first-order valence-corrected chi connectivity index (χ1v) is 8.02. The van der Waals surface area contributed by atoms with Crippen molar-refractivity contribution in [1.29, 1.82) is 0 Å². The van der Waals surface area contributed by atoms with E-state index in [0.717, 1.165) is 0 Å². The molecule has 0 aliphatic carbocycles. The summed E-state index contributed by atoms with van der Waals surface area (Å²) in [4.78, 5) is 12.8. The van der Waals surface area contributed by atoms with Crippen LogP contribution in [0.25, 0.3) is 0 Å². The predicted octanol–water partition coefficient (Wildman–Crippen LogP) is 3.76. The van der Waals surface area contributed by atoms with Gasteiger partial charge in [-0.3, -0.25) is 4.79 Å². The van der Waals surface area contributed by atoms with Crippen molar-refractivity contribution in [3.05, 3.63) is 66.2 Å². The molecule has 0 aliphatic rings. The molecule has 0 spiro atoms. The van der Waals surface area contributed by atoms with Crippen molar-refractivity contribution in [3.63, 3.8) is 0 Å². The quantitative estimate of drug-likeness (QED) is 0.862. The second kappa shape index (κ2) is 6.01. The van der Waals surface area contributed by atoms with Gasteiger partial charge in [0.1, 0.15) is 0 Å². The van der Waals surface area contributed by atoms with E-state index in [1.165, 1.54) is 0 Å². The molecule has 0 heterocycles. The first-order chi connectivity index (χ1) is 9.54. The molecule has 0 radical (unpaired) electrons. The molecule has 1 amide bonds. The Bertz CT molecular complexity index is 700. The molecular weight excluding hydrogens is 270 g/mol. The zero-order valence-corrected chi connectivity index (χ0v) is 12.3. The summed E-state index contributed by atoms with van der Waals surface area (Å²) in [6.45, 7) is 3.63. The third-order valence-electron chi connectivity index (χ3n) is 2.96. The molecule has 0 aliphatic heterocycles. The molecule has 2 aromatic carbocycles. The van der Waals surface area contributed by atoms with Crippen LogP contribution in [-0.4, -0.2) is 15.4 Å². The van der Waals surface area contributed by atoms with Crippen molar-refractivity contribution in [2.45, 2.75) is 24.0 Å². The van der Waals surface area contributed by atoms with E-state index >= 15 is 0 Å². The molecule has 4 heteroatoms. The van der Waals surface area contributed by atoms with Crippen molar-refractivity contribution in [1.82, 2.24) is 0 Å². The van der Waals surface area contributed by atoms with E-state index in [2.05, 4.69) is 4.36 Å². The maximum Gasteiger partial charge on any atom is 0.285 e. The monoisotopic (exact) mass is 287 g/mol. The largest absolute Gasteiger partial charge is 0.285 e. The molecule has 104 valence electrons. The maximum atomic E-state index is 13.1. The zero-order chi connectivity index (χ0) is 14.6. The molecule has 0 aromatic heterocycles.